The Balaban J connectivity index is 3.60. The number of carbonyl (C=O) groups is 1. The zero-order chi connectivity index (χ0) is 7.98. The predicted octanol–water partition coefficient (Wildman–Crippen LogP) is 0.836. The molecule has 0 aliphatic heterocycles. The molecule has 58 valence electrons. The van der Waals surface area contributed by atoms with Crippen LogP contribution in [0.5, 0.6) is 0 Å². The van der Waals surface area contributed by atoms with Crippen molar-refractivity contribution in [1.82, 2.24) is 0 Å². The fraction of sp³-hybridized carbons (Fsp3) is 0.571. The van der Waals surface area contributed by atoms with Gasteiger partial charge in [-0.15, -0.1) is 0 Å². The van der Waals surface area contributed by atoms with Gasteiger partial charge in [-0.2, -0.15) is 0 Å². The average Bonchev–Trinajstić information content (AvgIpc) is 1.89. The van der Waals surface area contributed by atoms with Gasteiger partial charge in [0.2, 0.25) is 0 Å². The third-order valence-electron chi connectivity index (χ3n) is 1.04. The van der Waals surface area contributed by atoms with Crippen LogP contribution in [-0.2, 0) is 9.53 Å². The van der Waals surface area contributed by atoms with E-state index in [-0.39, 0.29) is 0 Å². The van der Waals surface area contributed by atoms with Crippen molar-refractivity contribution in [1.29, 1.82) is 0 Å². The molecule has 3 nitrogen and oxygen atoms in total. The number of hydrogen-bond donors (Lipinski definition) is 1. The van der Waals surface area contributed by atoms with Gasteiger partial charge < -0.3 is 9.84 Å². The number of hydrogen-bond acceptors (Lipinski definition) is 3. The highest BCUT2D eigenvalue weighted by Crippen LogP contribution is 2.02. The molecule has 0 aromatic rings. The molecule has 0 heterocycles. The van der Waals surface area contributed by atoms with Crippen LogP contribution < -0.4 is 0 Å². The lowest BCUT2D eigenvalue weighted by Gasteiger charge is -2.01. The van der Waals surface area contributed by atoms with Gasteiger partial charge in [-0.1, -0.05) is 19.9 Å². The Hall–Kier alpha value is -0.830. The Morgan fingerprint density at radius 1 is 1.70 bits per heavy atom. The van der Waals surface area contributed by atoms with Gasteiger partial charge in [0, 0.05) is 5.57 Å². The van der Waals surface area contributed by atoms with Crippen LogP contribution in [-0.4, -0.2) is 17.9 Å². The fourth-order valence-electron chi connectivity index (χ4n) is 0.565. The molecule has 0 saturated heterocycles. The van der Waals surface area contributed by atoms with Gasteiger partial charge in [-0.05, 0) is 6.42 Å². The Kier molecular flexibility index (Phi) is 4.58. The molecule has 0 atom stereocenters. The van der Waals surface area contributed by atoms with E-state index in [0.717, 1.165) is 6.42 Å². The second kappa shape index (κ2) is 4.99. The van der Waals surface area contributed by atoms with Gasteiger partial charge >= 0.3 is 5.97 Å². The number of carbonyl (C=O) groups excluding carboxylic acids is 1. The molecular formula is C7H12O3. The van der Waals surface area contributed by atoms with E-state index in [2.05, 4.69) is 11.3 Å². The van der Waals surface area contributed by atoms with Crippen molar-refractivity contribution >= 4 is 5.97 Å². The Morgan fingerprint density at radius 2 is 2.30 bits per heavy atom. The van der Waals surface area contributed by atoms with E-state index >= 15 is 0 Å². The highest BCUT2D eigenvalue weighted by Gasteiger charge is 2.04. The van der Waals surface area contributed by atoms with E-state index < -0.39 is 12.8 Å². The van der Waals surface area contributed by atoms with Crippen molar-refractivity contribution in [3.8, 4) is 0 Å². The van der Waals surface area contributed by atoms with Gasteiger partial charge in [-0.3, -0.25) is 0 Å². The van der Waals surface area contributed by atoms with E-state index in [0.29, 0.717) is 12.0 Å². The third-order valence-corrected chi connectivity index (χ3v) is 1.04. The molecular weight excluding hydrogens is 132 g/mol. The monoisotopic (exact) mass is 144 g/mol. The van der Waals surface area contributed by atoms with Crippen molar-refractivity contribution < 1.29 is 14.6 Å². The smallest absolute Gasteiger partial charge is 0.335 e. The van der Waals surface area contributed by atoms with Crippen molar-refractivity contribution in [2.24, 2.45) is 0 Å². The molecule has 0 amide bonds. The maximum absolute atomic E-state index is 10.7. The summed E-state index contributed by atoms with van der Waals surface area (Å²) in [5, 5.41) is 8.17. The lowest BCUT2D eigenvalue weighted by molar-refractivity contribution is -0.147. The largest absolute Gasteiger partial charge is 0.435 e. The summed E-state index contributed by atoms with van der Waals surface area (Å²) in [6, 6.07) is 0. The summed E-state index contributed by atoms with van der Waals surface area (Å²) in [6.45, 7) is 4.85. The summed E-state index contributed by atoms with van der Waals surface area (Å²) in [5.41, 5.74) is 0.413. The van der Waals surface area contributed by atoms with E-state index in [1.807, 2.05) is 6.92 Å². The van der Waals surface area contributed by atoms with Gasteiger partial charge in [0.15, 0.2) is 6.79 Å². The average molecular weight is 144 g/mol. The summed E-state index contributed by atoms with van der Waals surface area (Å²) in [4.78, 5) is 10.7. The first kappa shape index (κ1) is 9.17. The molecule has 3 heteroatoms. The minimum atomic E-state index is -0.568. The maximum Gasteiger partial charge on any atom is 0.335 e. The van der Waals surface area contributed by atoms with E-state index in [1.54, 1.807) is 0 Å². The van der Waals surface area contributed by atoms with Crippen molar-refractivity contribution in [2.75, 3.05) is 6.79 Å². The van der Waals surface area contributed by atoms with Crippen LogP contribution >= 0.6 is 0 Å². The van der Waals surface area contributed by atoms with Crippen LogP contribution in [0.4, 0.5) is 0 Å². The van der Waals surface area contributed by atoms with Gasteiger partial charge in [-0.25, -0.2) is 4.79 Å². The van der Waals surface area contributed by atoms with E-state index in [1.165, 1.54) is 0 Å². The third kappa shape index (κ3) is 3.25. The van der Waals surface area contributed by atoms with Crippen molar-refractivity contribution in [2.45, 2.75) is 19.8 Å². The Bertz CT molecular complexity index is 113. The first-order valence-electron chi connectivity index (χ1n) is 3.18. The first-order valence-corrected chi connectivity index (χ1v) is 3.18. The minimum Gasteiger partial charge on any atom is -0.435 e. The molecule has 0 aliphatic carbocycles. The number of aliphatic hydroxyl groups is 1. The SMILES string of the molecule is C=C(CCC)C(=O)OCO. The molecule has 0 rings (SSSR count). The van der Waals surface area contributed by atoms with Gasteiger partial charge in [0.1, 0.15) is 0 Å². The summed E-state index contributed by atoms with van der Waals surface area (Å²) < 4.78 is 4.27. The molecule has 0 aromatic heterocycles. The first-order chi connectivity index (χ1) is 4.72. The number of ether oxygens (including phenoxy) is 1. The number of aliphatic hydroxyl groups excluding tert-OH is 1. The second-order valence-electron chi connectivity index (χ2n) is 1.91. The lowest BCUT2D eigenvalue weighted by atomic mass is 10.2. The Morgan fingerprint density at radius 3 is 2.70 bits per heavy atom. The standard InChI is InChI=1S/C7H12O3/c1-3-4-6(2)7(9)10-5-8/h8H,2-5H2,1H3. The number of rotatable bonds is 4. The summed E-state index contributed by atoms with van der Waals surface area (Å²) in [5.74, 6) is -0.510. The van der Waals surface area contributed by atoms with Crippen LogP contribution in [0.2, 0.25) is 0 Å². The molecule has 0 aromatic carbocycles. The van der Waals surface area contributed by atoms with Gasteiger partial charge in [0.25, 0.3) is 0 Å². The quantitative estimate of drug-likeness (QED) is 0.361. The van der Waals surface area contributed by atoms with E-state index in [4.69, 9.17) is 5.11 Å². The lowest BCUT2D eigenvalue weighted by Crippen LogP contribution is -2.07. The van der Waals surface area contributed by atoms with Crippen molar-refractivity contribution in [3.63, 3.8) is 0 Å². The summed E-state index contributed by atoms with van der Waals surface area (Å²) >= 11 is 0. The van der Waals surface area contributed by atoms with Crippen molar-refractivity contribution in [3.05, 3.63) is 12.2 Å². The molecule has 10 heavy (non-hydrogen) atoms. The molecule has 0 unspecified atom stereocenters. The topological polar surface area (TPSA) is 46.5 Å². The predicted molar refractivity (Wildman–Crippen MR) is 37.2 cm³/mol. The van der Waals surface area contributed by atoms with Crippen LogP contribution in [0.25, 0.3) is 0 Å². The van der Waals surface area contributed by atoms with Crippen LogP contribution in [0.1, 0.15) is 19.8 Å². The van der Waals surface area contributed by atoms with E-state index in [9.17, 15) is 4.79 Å². The van der Waals surface area contributed by atoms with Crippen LogP contribution in [0.15, 0.2) is 12.2 Å². The normalized spacial score (nSPS) is 9.00. The summed E-state index contributed by atoms with van der Waals surface area (Å²) in [7, 11) is 0. The van der Waals surface area contributed by atoms with Gasteiger partial charge in [0.05, 0.1) is 0 Å². The maximum atomic E-state index is 10.7. The molecule has 0 aliphatic rings. The zero-order valence-electron chi connectivity index (χ0n) is 6.09. The molecule has 0 saturated carbocycles. The van der Waals surface area contributed by atoms with Crippen LogP contribution in [0.3, 0.4) is 0 Å². The highest BCUT2D eigenvalue weighted by atomic mass is 16.6. The second-order valence-corrected chi connectivity index (χ2v) is 1.91. The molecule has 1 N–H and O–H groups in total. The molecule has 0 radical (unpaired) electrons. The zero-order valence-corrected chi connectivity index (χ0v) is 6.09. The molecule has 0 fully saturated rings. The summed E-state index contributed by atoms with van der Waals surface area (Å²) in [6.07, 6.45) is 1.48. The fourth-order valence-corrected chi connectivity index (χ4v) is 0.565. The minimum absolute atomic E-state index is 0.413. The number of esters is 1. The highest BCUT2D eigenvalue weighted by molar-refractivity contribution is 5.87. The van der Waals surface area contributed by atoms with Crippen LogP contribution in [0, 0.1) is 0 Å². The Labute approximate surface area is 60.3 Å². The molecule has 0 spiro atoms. The molecule has 0 bridgehead atoms.